The van der Waals surface area contributed by atoms with Crippen LogP contribution in [0.3, 0.4) is 0 Å². The van der Waals surface area contributed by atoms with E-state index in [0.29, 0.717) is 29.5 Å². The van der Waals surface area contributed by atoms with Gasteiger partial charge in [0, 0.05) is 37.0 Å². The number of nitrogens with zero attached hydrogens (tertiary/aromatic N) is 2. The van der Waals surface area contributed by atoms with Gasteiger partial charge in [-0.15, -0.1) is 0 Å². The molecule has 1 aromatic heterocycles. The normalized spacial score (nSPS) is 21.7. The number of hydrogen-bond acceptors (Lipinski definition) is 4. The highest BCUT2D eigenvalue weighted by atomic mass is 19.1. The second kappa shape index (κ2) is 8.70. The Balaban J connectivity index is 1.22. The number of amides is 1. The lowest BCUT2D eigenvalue weighted by Gasteiger charge is -2.39. The Morgan fingerprint density at radius 2 is 1.88 bits per heavy atom. The van der Waals surface area contributed by atoms with Crippen molar-refractivity contribution < 1.29 is 13.9 Å². The number of carbonyl (C=O) groups excluding carboxylic acids is 1. The topological polar surface area (TPSA) is 86.2 Å². The van der Waals surface area contributed by atoms with Crippen molar-refractivity contribution in [1.29, 1.82) is 5.26 Å². The highest BCUT2D eigenvalue weighted by Crippen LogP contribution is 2.38. The first-order valence-corrected chi connectivity index (χ1v) is 11.3. The van der Waals surface area contributed by atoms with Crippen LogP contribution in [-0.4, -0.2) is 34.0 Å². The van der Waals surface area contributed by atoms with E-state index in [2.05, 4.69) is 11.1 Å². The van der Waals surface area contributed by atoms with E-state index in [1.165, 1.54) is 6.07 Å². The second-order valence-electron chi connectivity index (χ2n) is 8.86. The van der Waals surface area contributed by atoms with Crippen molar-refractivity contribution in [2.24, 2.45) is 0 Å². The van der Waals surface area contributed by atoms with Gasteiger partial charge in [0.1, 0.15) is 17.7 Å². The molecule has 3 heterocycles. The molecule has 2 unspecified atom stereocenters. The molecular formula is C26H24FN3O3. The summed E-state index contributed by atoms with van der Waals surface area (Å²) in [6, 6.07) is 15.8. The summed E-state index contributed by atoms with van der Waals surface area (Å²) in [6.45, 7) is 0. The largest absolute Gasteiger partial charge is 0.490 e. The Morgan fingerprint density at radius 1 is 1.15 bits per heavy atom. The predicted octanol–water partition coefficient (Wildman–Crippen LogP) is 4.07. The van der Waals surface area contributed by atoms with Crippen LogP contribution in [0.4, 0.5) is 4.39 Å². The molecule has 2 atom stereocenters. The average molecular weight is 445 g/mol. The van der Waals surface area contributed by atoms with Gasteiger partial charge in [-0.2, -0.15) is 5.26 Å². The lowest BCUT2D eigenvalue weighted by molar-refractivity contribution is -0.137. The summed E-state index contributed by atoms with van der Waals surface area (Å²) in [4.78, 5) is 30.1. The molecule has 0 saturated carbocycles. The van der Waals surface area contributed by atoms with Gasteiger partial charge >= 0.3 is 0 Å². The summed E-state index contributed by atoms with van der Waals surface area (Å²) < 4.78 is 20.1. The third-order valence-corrected chi connectivity index (χ3v) is 6.75. The predicted molar refractivity (Wildman–Crippen MR) is 121 cm³/mol. The summed E-state index contributed by atoms with van der Waals surface area (Å²) >= 11 is 0. The lowest BCUT2D eigenvalue weighted by atomic mass is 9.98. The fraction of sp³-hybridized carbons (Fsp3) is 0.346. The van der Waals surface area contributed by atoms with Crippen molar-refractivity contribution in [2.45, 2.75) is 56.7 Å². The SMILES string of the molecule is N#Cc1ccc(OC2CC3CCC(C2)N3C(=O)CCc2cc3cccc(F)c3c(=O)[nH]2)cc1. The van der Waals surface area contributed by atoms with Gasteiger partial charge in [0.05, 0.1) is 17.0 Å². The van der Waals surface area contributed by atoms with E-state index < -0.39 is 11.4 Å². The Hall–Kier alpha value is -3.66. The molecule has 2 saturated heterocycles. The van der Waals surface area contributed by atoms with Crippen LogP contribution >= 0.6 is 0 Å². The van der Waals surface area contributed by atoms with Gasteiger partial charge in [-0.05, 0) is 61.0 Å². The van der Waals surface area contributed by atoms with E-state index in [9.17, 15) is 14.0 Å². The van der Waals surface area contributed by atoms with Gasteiger partial charge in [0.15, 0.2) is 0 Å². The number of ether oxygens (including phenoxy) is 1. The van der Waals surface area contributed by atoms with Crippen molar-refractivity contribution in [3.8, 4) is 11.8 Å². The number of aromatic amines is 1. The number of rotatable bonds is 5. The van der Waals surface area contributed by atoms with Crippen LogP contribution in [0.2, 0.25) is 0 Å². The molecule has 7 heteroatoms. The molecule has 5 rings (SSSR count). The van der Waals surface area contributed by atoms with Crippen LogP contribution < -0.4 is 10.3 Å². The quantitative estimate of drug-likeness (QED) is 0.641. The van der Waals surface area contributed by atoms with Gasteiger partial charge in [-0.3, -0.25) is 9.59 Å². The van der Waals surface area contributed by atoms with Crippen molar-refractivity contribution in [2.75, 3.05) is 0 Å². The lowest BCUT2D eigenvalue weighted by Crippen LogP contribution is -2.49. The van der Waals surface area contributed by atoms with Crippen molar-refractivity contribution in [3.63, 3.8) is 0 Å². The Labute approximate surface area is 190 Å². The molecular weight excluding hydrogens is 421 g/mol. The maximum absolute atomic E-state index is 13.9. The molecule has 2 aliphatic heterocycles. The highest BCUT2D eigenvalue weighted by molar-refractivity contribution is 5.82. The van der Waals surface area contributed by atoms with Gasteiger partial charge in [-0.1, -0.05) is 12.1 Å². The minimum absolute atomic E-state index is 0.0474. The second-order valence-corrected chi connectivity index (χ2v) is 8.86. The number of hydrogen-bond donors (Lipinski definition) is 1. The van der Waals surface area contributed by atoms with Gasteiger partial charge in [0.2, 0.25) is 5.91 Å². The third kappa shape index (κ3) is 4.21. The number of fused-ring (bicyclic) bond motifs is 3. The van der Waals surface area contributed by atoms with E-state index >= 15 is 0 Å². The fourth-order valence-corrected chi connectivity index (χ4v) is 5.27. The standard InChI is InChI=1S/C26H24FN3O3/c27-23-3-1-2-17-12-18(29-26(32)25(17)23)6-11-24(31)30-19-7-8-20(30)14-22(13-19)33-21-9-4-16(15-28)5-10-21/h1-5,9-10,12,19-20,22H,6-8,11,13-14H2,(H,29,32). The number of aromatic nitrogens is 1. The number of carbonyl (C=O) groups is 1. The number of H-pyrrole nitrogens is 1. The Bertz CT molecular complexity index is 1280. The number of piperidine rings is 1. The van der Waals surface area contributed by atoms with Crippen molar-refractivity contribution in [1.82, 2.24) is 9.88 Å². The van der Waals surface area contributed by atoms with Crippen LogP contribution in [0.15, 0.2) is 53.3 Å². The fourth-order valence-electron chi connectivity index (χ4n) is 5.27. The first-order valence-electron chi connectivity index (χ1n) is 11.3. The first kappa shape index (κ1) is 21.2. The molecule has 2 fully saturated rings. The smallest absolute Gasteiger partial charge is 0.258 e. The van der Waals surface area contributed by atoms with E-state index in [4.69, 9.17) is 10.00 Å². The van der Waals surface area contributed by atoms with Gasteiger partial charge < -0.3 is 14.6 Å². The third-order valence-electron chi connectivity index (χ3n) is 6.75. The monoisotopic (exact) mass is 445 g/mol. The van der Waals surface area contributed by atoms with Gasteiger partial charge in [-0.25, -0.2) is 4.39 Å². The number of nitriles is 1. The van der Waals surface area contributed by atoms with Crippen LogP contribution in [0.1, 0.15) is 43.4 Å². The maximum Gasteiger partial charge on any atom is 0.258 e. The zero-order chi connectivity index (χ0) is 22.9. The number of aryl methyl sites for hydroxylation is 1. The Kier molecular flexibility index (Phi) is 5.59. The van der Waals surface area contributed by atoms with Crippen LogP contribution in [0, 0.1) is 17.1 Å². The summed E-state index contributed by atoms with van der Waals surface area (Å²) in [5, 5.41) is 9.53. The van der Waals surface area contributed by atoms with E-state index in [1.54, 1.807) is 30.3 Å². The van der Waals surface area contributed by atoms with E-state index in [0.717, 1.165) is 31.4 Å². The number of benzene rings is 2. The highest BCUT2D eigenvalue weighted by Gasteiger charge is 2.43. The zero-order valence-electron chi connectivity index (χ0n) is 18.1. The van der Waals surface area contributed by atoms with E-state index in [1.807, 2.05) is 17.0 Å². The Morgan fingerprint density at radius 3 is 2.58 bits per heavy atom. The summed E-state index contributed by atoms with van der Waals surface area (Å²) in [5.41, 5.74) is 0.771. The summed E-state index contributed by atoms with van der Waals surface area (Å²) in [6.07, 6.45) is 4.26. The molecule has 33 heavy (non-hydrogen) atoms. The number of halogens is 1. The molecule has 0 radical (unpaired) electrons. The molecule has 168 valence electrons. The molecule has 0 spiro atoms. The van der Waals surface area contributed by atoms with Crippen molar-refractivity contribution in [3.05, 3.63) is 76.0 Å². The molecule has 1 N–H and O–H groups in total. The average Bonchev–Trinajstić information content (AvgIpc) is 3.08. The molecule has 6 nitrogen and oxygen atoms in total. The molecule has 3 aromatic rings. The summed E-state index contributed by atoms with van der Waals surface area (Å²) in [5.74, 6) is 0.286. The summed E-state index contributed by atoms with van der Waals surface area (Å²) in [7, 11) is 0. The maximum atomic E-state index is 13.9. The zero-order valence-corrected chi connectivity index (χ0v) is 18.1. The molecule has 1 amide bonds. The molecule has 2 bridgehead atoms. The molecule has 2 aromatic carbocycles. The number of nitrogens with one attached hydrogen (secondary N) is 1. The molecule has 2 aliphatic rings. The van der Waals surface area contributed by atoms with Crippen LogP contribution in [0.25, 0.3) is 10.8 Å². The van der Waals surface area contributed by atoms with Crippen molar-refractivity contribution >= 4 is 16.7 Å². The first-order chi connectivity index (χ1) is 16.0. The minimum Gasteiger partial charge on any atom is -0.490 e. The molecule has 0 aliphatic carbocycles. The van der Waals surface area contributed by atoms with Gasteiger partial charge in [0.25, 0.3) is 5.56 Å². The van der Waals surface area contributed by atoms with Crippen LogP contribution in [-0.2, 0) is 11.2 Å². The van der Waals surface area contributed by atoms with E-state index in [-0.39, 0.29) is 29.5 Å². The van der Waals surface area contributed by atoms with Crippen LogP contribution in [0.5, 0.6) is 5.75 Å². The minimum atomic E-state index is -0.543. The number of pyridine rings is 1.